The number of rotatable bonds is 3. The van der Waals surface area contributed by atoms with E-state index in [1.54, 1.807) is 6.07 Å². The summed E-state index contributed by atoms with van der Waals surface area (Å²) in [4.78, 5) is 21.4. The van der Waals surface area contributed by atoms with Gasteiger partial charge >= 0.3 is 0 Å². The molecule has 12 heavy (non-hydrogen) atoms. The van der Waals surface area contributed by atoms with Crippen molar-refractivity contribution in [1.82, 2.24) is 10.2 Å². The van der Waals surface area contributed by atoms with Gasteiger partial charge in [0.1, 0.15) is 11.6 Å². The van der Waals surface area contributed by atoms with Gasteiger partial charge in [-0.1, -0.05) is 0 Å². The summed E-state index contributed by atoms with van der Waals surface area (Å²) in [7, 11) is 0. The fraction of sp³-hybridized carbons (Fsp3) is 0.286. The zero-order valence-corrected chi connectivity index (χ0v) is 6.63. The molecule has 2 N–H and O–H groups in total. The molecular weight excluding hydrogens is 158 g/mol. The predicted octanol–water partition coefficient (Wildman–Crippen LogP) is 0.327. The topological polar surface area (TPSA) is 74.8 Å². The molecule has 0 aliphatic rings. The zero-order chi connectivity index (χ0) is 8.97. The van der Waals surface area contributed by atoms with Crippen LogP contribution in [0.4, 0.5) is 5.82 Å². The first-order chi connectivity index (χ1) is 5.68. The molecule has 0 saturated heterocycles. The number of anilines is 1. The fourth-order valence-corrected chi connectivity index (χ4v) is 0.746. The van der Waals surface area contributed by atoms with E-state index >= 15 is 0 Å². The molecule has 1 heterocycles. The van der Waals surface area contributed by atoms with Crippen molar-refractivity contribution in [3.8, 4) is 0 Å². The van der Waals surface area contributed by atoms with Crippen molar-refractivity contribution in [3.63, 3.8) is 0 Å². The molecule has 1 rings (SSSR count). The molecule has 0 aliphatic heterocycles. The van der Waals surface area contributed by atoms with E-state index in [2.05, 4.69) is 15.5 Å². The second-order valence-electron chi connectivity index (χ2n) is 2.40. The van der Waals surface area contributed by atoms with Crippen molar-refractivity contribution in [1.29, 1.82) is 0 Å². The van der Waals surface area contributed by atoms with Crippen molar-refractivity contribution in [2.75, 3.05) is 5.32 Å². The summed E-state index contributed by atoms with van der Waals surface area (Å²) in [5, 5.41) is 8.65. The van der Waals surface area contributed by atoms with Crippen LogP contribution >= 0.6 is 0 Å². The molecule has 0 fully saturated rings. The number of carbonyl (C=O) groups is 2. The molecule has 0 saturated carbocycles. The summed E-state index contributed by atoms with van der Waals surface area (Å²) in [6.07, 6.45) is 1.42. The quantitative estimate of drug-likeness (QED) is 0.637. The summed E-state index contributed by atoms with van der Waals surface area (Å²) < 4.78 is 0. The molecule has 0 atom stereocenters. The SMILES string of the molecule is CC(=O)CC(=O)Nc1ccn[nH]1. The number of nitrogens with zero attached hydrogens (tertiary/aromatic N) is 1. The minimum atomic E-state index is -0.327. The van der Waals surface area contributed by atoms with Crippen LogP contribution in [0.5, 0.6) is 0 Å². The first-order valence-electron chi connectivity index (χ1n) is 3.47. The van der Waals surface area contributed by atoms with Crippen LogP contribution in [-0.4, -0.2) is 21.9 Å². The van der Waals surface area contributed by atoms with Gasteiger partial charge in [0, 0.05) is 6.07 Å². The van der Waals surface area contributed by atoms with E-state index in [1.165, 1.54) is 13.1 Å². The number of ketones is 1. The van der Waals surface area contributed by atoms with Crippen LogP contribution in [-0.2, 0) is 9.59 Å². The molecule has 0 spiro atoms. The number of amides is 1. The average Bonchev–Trinajstić information content (AvgIpc) is 2.37. The Balaban J connectivity index is 2.42. The highest BCUT2D eigenvalue weighted by atomic mass is 16.2. The zero-order valence-electron chi connectivity index (χ0n) is 6.63. The summed E-state index contributed by atoms with van der Waals surface area (Å²) in [5.74, 6) is 0.0139. The molecule has 64 valence electrons. The van der Waals surface area contributed by atoms with Crippen molar-refractivity contribution in [2.45, 2.75) is 13.3 Å². The van der Waals surface area contributed by atoms with E-state index in [0.29, 0.717) is 5.82 Å². The summed E-state index contributed by atoms with van der Waals surface area (Å²) in [6.45, 7) is 1.37. The summed E-state index contributed by atoms with van der Waals surface area (Å²) >= 11 is 0. The number of hydrogen-bond donors (Lipinski definition) is 2. The maximum atomic E-state index is 10.9. The third-order valence-electron chi connectivity index (χ3n) is 1.18. The van der Waals surface area contributed by atoms with Crippen LogP contribution in [0.2, 0.25) is 0 Å². The molecule has 0 aromatic carbocycles. The molecule has 0 unspecified atom stereocenters. The van der Waals surface area contributed by atoms with Crippen LogP contribution in [0.15, 0.2) is 12.3 Å². The third-order valence-corrected chi connectivity index (χ3v) is 1.18. The first kappa shape index (κ1) is 8.45. The van der Waals surface area contributed by atoms with Gasteiger partial charge in [0.25, 0.3) is 0 Å². The average molecular weight is 167 g/mol. The van der Waals surface area contributed by atoms with Gasteiger partial charge in [-0.25, -0.2) is 0 Å². The van der Waals surface area contributed by atoms with E-state index in [-0.39, 0.29) is 18.1 Å². The fourth-order valence-electron chi connectivity index (χ4n) is 0.746. The van der Waals surface area contributed by atoms with Gasteiger partial charge in [-0.3, -0.25) is 14.7 Å². The maximum absolute atomic E-state index is 10.9. The Kier molecular flexibility index (Phi) is 2.57. The Morgan fingerprint density at radius 2 is 2.42 bits per heavy atom. The van der Waals surface area contributed by atoms with Crippen LogP contribution in [0.1, 0.15) is 13.3 Å². The molecule has 0 bridgehead atoms. The van der Waals surface area contributed by atoms with Gasteiger partial charge in [0.2, 0.25) is 5.91 Å². The number of H-pyrrole nitrogens is 1. The highest BCUT2D eigenvalue weighted by molar-refractivity contribution is 6.03. The molecular formula is C7H9N3O2. The molecule has 1 amide bonds. The highest BCUT2D eigenvalue weighted by Crippen LogP contribution is 1.99. The Bertz CT molecular complexity index is 279. The maximum Gasteiger partial charge on any atom is 0.232 e. The summed E-state index contributed by atoms with van der Waals surface area (Å²) in [5.41, 5.74) is 0. The second kappa shape index (κ2) is 3.66. The van der Waals surface area contributed by atoms with Crippen molar-refractivity contribution >= 4 is 17.5 Å². The van der Waals surface area contributed by atoms with Gasteiger partial charge in [-0.15, -0.1) is 0 Å². The largest absolute Gasteiger partial charge is 0.311 e. The van der Waals surface area contributed by atoms with Crippen LogP contribution < -0.4 is 5.32 Å². The van der Waals surface area contributed by atoms with E-state index in [9.17, 15) is 9.59 Å². The molecule has 1 aromatic heterocycles. The molecule has 1 aromatic rings. The lowest BCUT2D eigenvalue weighted by molar-refractivity contribution is -0.124. The van der Waals surface area contributed by atoms with E-state index in [1.807, 2.05) is 0 Å². The minimum absolute atomic E-state index is 0.0982. The van der Waals surface area contributed by atoms with E-state index in [0.717, 1.165) is 0 Å². The predicted molar refractivity (Wildman–Crippen MR) is 42.5 cm³/mol. The number of aromatic nitrogens is 2. The molecule has 0 aliphatic carbocycles. The first-order valence-corrected chi connectivity index (χ1v) is 3.47. The van der Waals surface area contributed by atoms with Crippen molar-refractivity contribution < 1.29 is 9.59 Å². The monoisotopic (exact) mass is 167 g/mol. The minimum Gasteiger partial charge on any atom is -0.311 e. The Morgan fingerprint density at radius 3 is 2.92 bits per heavy atom. The van der Waals surface area contributed by atoms with Gasteiger partial charge in [-0.05, 0) is 6.92 Å². The number of carbonyl (C=O) groups excluding carboxylic acids is 2. The lowest BCUT2D eigenvalue weighted by Crippen LogP contribution is -2.14. The van der Waals surface area contributed by atoms with E-state index < -0.39 is 0 Å². The lowest BCUT2D eigenvalue weighted by atomic mass is 10.3. The van der Waals surface area contributed by atoms with Crippen molar-refractivity contribution in [2.24, 2.45) is 0 Å². The third kappa shape index (κ3) is 2.53. The smallest absolute Gasteiger partial charge is 0.232 e. The lowest BCUT2D eigenvalue weighted by Gasteiger charge is -1.98. The number of hydrogen-bond acceptors (Lipinski definition) is 3. The van der Waals surface area contributed by atoms with Gasteiger partial charge in [-0.2, -0.15) is 5.10 Å². The number of nitrogens with one attached hydrogen (secondary N) is 2. The molecule has 5 heteroatoms. The van der Waals surface area contributed by atoms with Gasteiger partial charge in [0.05, 0.1) is 12.6 Å². The normalized spacial score (nSPS) is 9.42. The molecule has 5 nitrogen and oxygen atoms in total. The van der Waals surface area contributed by atoms with Crippen LogP contribution in [0.3, 0.4) is 0 Å². The number of aromatic amines is 1. The van der Waals surface area contributed by atoms with Crippen LogP contribution in [0.25, 0.3) is 0 Å². The Hall–Kier alpha value is -1.65. The van der Waals surface area contributed by atoms with Gasteiger partial charge in [0.15, 0.2) is 0 Å². The Labute approximate surface area is 69.2 Å². The van der Waals surface area contributed by atoms with Crippen molar-refractivity contribution in [3.05, 3.63) is 12.3 Å². The number of Topliss-reactive ketones (excluding diaryl/α,β-unsaturated/α-hetero) is 1. The Morgan fingerprint density at radius 1 is 1.67 bits per heavy atom. The van der Waals surface area contributed by atoms with Gasteiger partial charge < -0.3 is 5.32 Å². The summed E-state index contributed by atoms with van der Waals surface area (Å²) in [6, 6.07) is 1.61. The van der Waals surface area contributed by atoms with Crippen LogP contribution in [0, 0.1) is 0 Å². The van der Waals surface area contributed by atoms with E-state index in [4.69, 9.17) is 0 Å². The second-order valence-corrected chi connectivity index (χ2v) is 2.40. The molecule has 0 radical (unpaired) electrons. The highest BCUT2D eigenvalue weighted by Gasteiger charge is 2.04. The standard InChI is InChI=1S/C7H9N3O2/c1-5(11)4-7(12)9-6-2-3-8-10-6/h2-3H,4H2,1H3,(H2,8,9,10,12).